The summed E-state index contributed by atoms with van der Waals surface area (Å²) in [6.07, 6.45) is 2.89. The third-order valence-corrected chi connectivity index (χ3v) is 3.94. The number of halogens is 1. The minimum Gasteiger partial charge on any atom is -0.495 e. The Morgan fingerprint density at radius 1 is 1.19 bits per heavy atom. The lowest BCUT2D eigenvalue weighted by atomic mass is 10.2. The number of hydrogen-bond acceptors (Lipinski definition) is 7. The van der Waals surface area contributed by atoms with Gasteiger partial charge in [-0.25, -0.2) is 9.97 Å². The Morgan fingerprint density at radius 2 is 2.00 bits per heavy atom. The number of carbonyl (C=O) groups excluding carboxylic acids is 1. The summed E-state index contributed by atoms with van der Waals surface area (Å²) in [6, 6.07) is 8.31. The zero-order valence-electron chi connectivity index (χ0n) is 14.7. The quantitative estimate of drug-likeness (QED) is 0.637. The van der Waals surface area contributed by atoms with Gasteiger partial charge in [0.1, 0.15) is 35.1 Å². The Bertz CT molecular complexity index is 931. The van der Waals surface area contributed by atoms with E-state index in [9.17, 15) is 4.79 Å². The number of hydrogen-bond donors (Lipinski definition) is 2. The average Bonchev–Trinajstić information content (AvgIpc) is 3.21. The molecule has 0 saturated carbocycles. The van der Waals surface area contributed by atoms with Crippen molar-refractivity contribution in [1.29, 1.82) is 0 Å². The highest BCUT2D eigenvalue weighted by Gasteiger charge is 2.15. The van der Waals surface area contributed by atoms with E-state index in [1.165, 1.54) is 26.6 Å². The molecule has 0 saturated heterocycles. The molecule has 0 bridgehead atoms. The number of furan rings is 1. The maximum absolute atomic E-state index is 12.6. The van der Waals surface area contributed by atoms with Crippen molar-refractivity contribution in [2.24, 2.45) is 0 Å². The molecule has 9 heteroatoms. The van der Waals surface area contributed by atoms with Gasteiger partial charge in [0.25, 0.3) is 5.91 Å². The number of rotatable bonds is 7. The number of amides is 1. The molecule has 2 N–H and O–H groups in total. The molecule has 0 fully saturated rings. The van der Waals surface area contributed by atoms with Crippen LogP contribution in [0.15, 0.2) is 47.3 Å². The third-order valence-electron chi connectivity index (χ3n) is 3.65. The maximum atomic E-state index is 12.6. The predicted molar refractivity (Wildman–Crippen MR) is 101 cm³/mol. The maximum Gasteiger partial charge on any atom is 0.274 e. The lowest BCUT2D eigenvalue weighted by molar-refractivity contribution is 0.102. The summed E-state index contributed by atoms with van der Waals surface area (Å²) in [5, 5.41) is 6.18. The fraction of sp³-hybridized carbons (Fsp3) is 0.167. The predicted octanol–water partition coefficient (Wildman–Crippen LogP) is 3.60. The van der Waals surface area contributed by atoms with Gasteiger partial charge in [0.15, 0.2) is 0 Å². The van der Waals surface area contributed by atoms with Gasteiger partial charge in [0.05, 0.1) is 37.7 Å². The summed E-state index contributed by atoms with van der Waals surface area (Å²) >= 11 is 6.08. The van der Waals surface area contributed by atoms with Crippen molar-refractivity contribution in [3.8, 4) is 11.5 Å². The Morgan fingerprint density at radius 3 is 2.70 bits per heavy atom. The smallest absolute Gasteiger partial charge is 0.274 e. The van der Waals surface area contributed by atoms with Crippen molar-refractivity contribution in [1.82, 2.24) is 9.97 Å². The van der Waals surface area contributed by atoms with Gasteiger partial charge in [-0.05, 0) is 12.1 Å². The minimum absolute atomic E-state index is 0.183. The topological polar surface area (TPSA) is 98.5 Å². The Hall–Kier alpha value is -3.26. The molecule has 0 aliphatic rings. The second-order valence-corrected chi connectivity index (χ2v) is 5.77. The van der Waals surface area contributed by atoms with Crippen molar-refractivity contribution < 1.29 is 18.7 Å². The van der Waals surface area contributed by atoms with Gasteiger partial charge in [-0.15, -0.1) is 0 Å². The van der Waals surface area contributed by atoms with E-state index in [2.05, 4.69) is 20.6 Å². The highest BCUT2D eigenvalue weighted by atomic mass is 35.5. The summed E-state index contributed by atoms with van der Waals surface area (Å²) in [5.41, 5.74) is 0.593. The largest absolute Gasteiger partial charge is 0.495 e. The Labute approximate surface area is 160 Å². The second kappa shape index (κ2) is 8.41. The van der Waals surface area contributed by atoms with Gasteiger partial charge < -0.3 is 24.5 Å². The number of nitrogens with zero attached hydrogens (tertiary/aromatic N) is 2. The van der Waals surface area contributed by atoms with Crippen molar-refractivity contribution in [2.75, 3.05) is 24.9 Å². The van der Waals surface area contributed by atoms with Crippen molar-refractivity contribution in [2.45, 2.75) is 6.54 Å². The van der Waals surface area contributed by atoms with Gasteiger partial charge in [-0.2, -0.15) is 0 Å². The number of anilines is 2. The van der Waals surface area contributed by atoms with Crippen LogP contribution in [0.3, 0.4) is 0 Å². The normalized spacial score (nSPS) is 10.3. The molecule has 1 amide bonds. The molecule has 2 heterocycles. The first-order valence-corrected chi connectivity index (χ1v) is 8.29. The third kappa shape index (κ3) is 4.48. The monoisotopic (exact) mass is 388 g/mol. The zero-order valence-corrected chi connectivity index (χ0v) is 15.4. The van der Waals surface area contributed by atoms with Crippen LogP contribution < -0.4 is 20.1 Å². The number of aromatic nitrogens is 2. The molecule has 2 aromatic heterocycles. The van der Waals surface area contributed by atoms with E-state index in [1.54, 1.807) is 24.5 Å². The van der Waals surface area contributed by atoms with Crippen molar-refractivity contribution in [3.63, 3.8) is 0 Å². The van der Waals surface area contributed by atoms with Gasteiger partial charge in [-0.1, -0.05) is 11.6 Å². The molecule has 0 radical (unpaired) electrons. The minimum atomic E-state index is -0.430. The van der Waals surface area contributed by atoms with Crippen molar-refractivity contribution in [3.05, 3.63) is 59.4 Å². The van der Waals surface area contributed by atoms with Crippen LogP contribution in [-0.4, -0.2) is 30.1 Å². The van der Waals surface area contributed by atoms with E-state index in [-0.39, 0.29) is 5.69 Å². The molecule has 0 aliphatic carbocycles. The summed E-state index contributed by atoms with van der Waals surface area (Å²) in [4.78, 5) is 20.7. The molecule has 1 aromatic carbocycles. The number of methoxy groups -OCH3 is 2. The molecule has 0 atom stereocenters. The fourth-order valence-corrected chi connectivity index (χ4v) is 2.54. The highest BCUT2D eigenvalue weighted by Crippen LogP contribution is 2.36. The van der Waals surface area contributed by atoms with Crippen LogP contribution >= 0.6 is 11.6 Å². The molecule has 140 valence electrons. The lowest BCUT2D eigenvalue weighted by Crippen LogP contribution is -2.15. The van der Waals surface area contributed by atoms with E-state index in [1.807, 2.05) is 6.07 Å². The van der Waals surface area contributed by atoms with Gasteiger partial charge in [0, 0.05) is 18.2 Å². The van der Waals surface area contributed by atoms with Crippen molar-refractivity contribution >= 4 is 29.0 Å². The summed E-state index contributed by atoms with van der Waals surface area (Å²) in [6.45, 7) is 0.438. The highest BCUT2D eigenvalue weighted by molar-refractivity contribution is 6.32. The summed E-state index contributed by atoms with van der Waals surface area (Å²) in [5.74, 6) is 1.63. The van der Waals surface area contributed by atoms with Gasteiger partial charge in [-0.3, -0.25) is 4.79 Å². The molecule has 27 heavy (non-hydrogen) atoms. The molecule has 3 rings (SSSR count). The van der Waals surface area contributed by atoms with Gasteiger partial charge in [0.2, 0.25) is 0 Å². The number of carbonyl (C=O) groups is 1. The first-order valence-electron chi connectivity index (χ1n) is 7.92. The number of ether oxygens (including phenoxy) is 2. The standard InChI is InChI=1S/C18H17ClN4O4/c1-25-15-7-13(16(26-2)6-12(15)19)23-18(24)14-8-17(22-10-21-14)20-9-11-4-3-5-27-11/h3-8,10H,9H2,1-2H3,(H,23,24)(H,20,21,22). The summed E-state index contributed by atoms with van der Waals surface area (Å²) in [7, 11) is 2.97. The lowest BCUT2D eigenvalue weighted by Gasteiger charge is -2.13. The zero-order chi connectivity index (χ0) is 19.2. The Balaban J connectivity index is 1.75. The second-order valence-electron chi connectivity index (χ2n) is 5.36. The number of benzene rings is 1. The fourth-order valence-electron chi connectivity index (χ4n) is 2.31. The molecule has 0 aliphatic heterocycles. The van der Waals surface area contributed by atoms with Crippen LogP contribution in [0.2, 0.25) is 5.02 Å². The van der Waals surface area contributed by atoms with Crippen LogP contribution in [-0.2, 0) is 6.54 Å². The molecule has 0 unspecified atom stereocenters. The molecule has 0 spiro atoms. The molecule has 3 aromatic rings. The van der Waals surface area contributed by atoms with E-state index < -0.39 is 5.91 Å². The molecular formula is C18H17ClN4O4. The van der Waals surface area contributed by atoms with E-state index in [0.29, 0.717) is 34.6 Å². The first-order chi connectivity index (χ1) is 13.1. The SMILES string of the molecule is COc1cc(NC(=O)c2cc(NCc3ccco3)ncn2)c(OC)cc1Cl. The van der Waals surface area contributed by atoms with E-state index in [0.717, 1.165) is 5.76 Å². The first kappa shape index (κ1) is 18.5. The van der Waals surface area contributed by atoms with Crippen LogP contribution in [0, 0.1) is 0 Å². The number of nitrogens with one attached hydrogen (secondary N) is 2. The van der Waals surface area contributed by atoms with Crippen LogP contribution in [0.1, 0.15) is 16.2 Å². The van der Waals surface area contributed by atoms with E-state index >= 15 is 0 Å². The summed E-state index contributed by atoms with van der Waals surface area (Å²) < 4.78 is 15.7. The average molecular weight is 389 g/mol. The molecular weight excluding hydrogens is 372 g/mol. The van der Waals surface area contributed by atoms with Crippen LogP contribution in [0.25, 0.3) is 0 Å². The van der Waals surface area contributed by atoms with Crippen LogP contribution in [0.5, 0.6) is 11.5 Å². The van der Waals surface area contributed by atoms with E-state index in [4.69, 9.17) is 25.5 Å². The van der Waals surface area contributed by atoms with Gasteiger partial charge >= 0.3 is 0 Å². The van der Waals surface area contributed by atoms with Crippen LogP contribution in [0.4, 0.5) is 11.5 Å². The molecule has 8 nitrogen and oxygen atoms in total. The Kier molecular flexibility index (Phi) is 5.77.